The number of hydrogen-bond acceptors (Lipinski definition) is 4. The summed E-state index contributed by atoms with van der Waals surface area (Å²) in [6, 6.07) is 4.36. The number of nitrogens with one attached hydrogen (secondary N) is 1. The van der Waals surface area contributed by atoms with Crippen LogP contribution in [0, 0.1) is 0 Å². The number of methoxy groups -OCH3 is 2. The molecule has 7 heteroatoms. The minimum absolute atomic E-state index is 0.283. The standard InChI is InChI=1S/C15H20F3NO3/c1-20-6-3-7-22-13-8-10(4-5-12(13)21-2)14-11(19-14)9-15(16,17)18/h4-5,8,11,14,19H,3,6-7,9H2,1-2H3/t11-,14+/m1/s1. The van der Waals surface area contributed by atoms with Crippen LogP contribution in [-0.2, 0) is 4.74 Å². The molecule has 0 unspecified atom stereocenters. The first-order valence-electron chi connectivity index (χ1n) is 7.07. The monoisotopic (exact) mass is 319 g/mol. The van der Waals surface area contributed by atoms with Gasteiger partial charge in [0.15, 0.2) is 11.5 Å². The van der Waals surface area contributed by atoms with Gasteiger partial charge in [0.1, 0.15) is 0 Å². The van der Waals surface area contributed by atoms with E-state index in [1.165, 1.54) is 7.11 Å². The van der Waals surface area contributed by atoms with Gasteiger partial charge >= 0.3 is 6.18 Å². The number of halogens is 3. The van der Waals surface area contributed by atoms with E-state index < -0.39 is 18.6 Å². The Morgan fingerprint density at radius 2 is 1.91 bits per heavy atom. The predicted octanol–water partition coefficient (Wildman–Crippen LogP) is 3.08. The third kappa shape index (κ3) is 4.78. The fourth-order valence-corrected chi connectivity index (χ4v) is 2.31. The molecular formula is C15H20F3NO3. The Hall–Kier alpha value is -1.47. The first-order chi connectivity index (χ1) is 10.4. The Labute approximate surface area is 127 Å². The van der Waals surface area contributed by atoms with E-state index in [1.807, 2.05) is 0 Å². The molecule has 1 aromatic rings. The Kier molecular flexibility index (Phi) is 5.52. The van der Waals surface area contributed by atoms with Gasteiger partial charge in [-0.3, -0.25) is 0 Å². The van der Waals surface area contributed by atoms with E-state index >= 15 is 0 Å². The van der Waals surface area contributed by atoms with Gasteiger partial charge in [-0.15, -0.1) is 0 Å². The molecule has 1 saturated heterocycles. The summed E-state index contributed by atoms with van der Waals surface area (Å²) in [6.07, 6.45) is -4.26. The van der Waals surface area contributed by atoms with Crippen molar-refractivity contribution < 1.29 is 27.4 Å². The van der Waals surface area contributed by atoms with Crippen LogP contribution >= 0.6 is 0 Å². The van der Waals surface area contributed by atoms with E-state index in [4.69, 9.17) is 14.2 Å². The molecule has 0 amide bonds. The third-order valence-corrected chi connectivity index (χ3v) is 3.44. The van der Waals surface area contributed by atoms with E-state index in [2.05, 4.69) is 5.32 Å². The van der Waals surface area contributed by atoms with E-state index in [0.29, 0.717) is 24.7 Å². The van der Waals surface area contributed by atoms with Crippen molar-refractivity contribution in [1.29, 1.82) is 0 Å². The van der Waals surface area contributed by atoms with Crippen LogP contribution in [0.4, 0.5) is 13.2 Å². The molecule has 0 aromatic heterocycles. The normalized spacial score (nSPS) is 20.8. The Morgan fingerprint density at radius 3 is 2.55 bits per heavy atom. The van der Waals surface area contributed by atoms with Gasteiger partial charge in [0.25, 0.3) is 0 Å². The van der Waals surface area contributed by atoms with Crippen molar-refractivity contribution in [3.63, 3.8) is 0 Å². The van der Waals surface area contributed by atoms with Crippen molar-refractivity contribution in [2.45, 2.75) is 31.1 Å². The zero-order valence-corrected chi connectivity index (χ0v) is 12.6. The second-order valence-corrected chi connectivity index (χ2v) is 5.18. The lowest BCUT2D eigenvalue weighted by atomic mass is 10.1. The van der Waals surface area contributed by atoms with E-state index in [-0.39, 0.29) is 6.04 Å². The molecule has 0 saturated carbocycles. The maximum absolute atomic E-state index is 12.4. The SMILES string of the molecule is COCCCOc1cc([C@@H]2N[C@@H]2CC(F)(F)F)ccc1OC. The zero-order chi connectivity index (χ0) is 16.2. The summed E-state index contributed by atoms with van der Waals surface area (Å²) in [5.74, 6) is 1.10. The highest BCUT2D eigenvalue weighted by atomic mass is 19.4. The maximum Gasteiger partial charge on any atom is 0.390 e. The summed E-state index contributed by atoms with van der Waals surface area (Å²) < 4.78 is 52.9. The lowest BCUT2D eigenvalue weighted by Crippen LogP contribution is -2.12. The largest absolute Gasteiger partial charge is 0.493 e. The summed E-state index contributed by atoms with van der Waals surface area (Å²) in [5.41, 5.74) is 0.775. The predicted molar refractivity (Wildman–Crippen MR) is 75.3 cm³/mol. The van der Waals surface area contributed by atoms with Crippen molar-refractivity contribution in [3.05, 3.63) is 23.8 Å². The van der Waals surface area contributed by atoms with Gasteiger partial charge in [-0.1, -0.05) is 6.07 Å². The first kappa shape index (κ1) is 16.9. The fraction of sp³-hybridized carbons (Fsp3) is 0.600. The molecule has 1 aliphatic rings. The highest BCUT2D eigenvalue weighted by molar-refractivity contribution is 5.45. The van der Waals surface area contributed by atoms with Crippen LogP contribution < -0.4 is 14.8 Å². The van der Waals surface area contributed by atoms with E-state index in [0.717, 1.165) is 12.0 Å². The van der Waals surface area contributed by atoms with Gasteiger partial charge in [0, 0.05) is 32.2 Å². The molecule has 1 N–H and O–H groups in total. The first-order valence-corrected chi connectivity index (χ1v) is 7.07. The summed E-state index contributed by atoms with van der Waals surface area (Å²) in [4.78, 5) is 0. The average Bonchev–Trinajstić information content (AvgIpc) is 3.20. The van der Waals surface area contributed by atoms with Crippen LogP contribution in [0.15, 0.2) is 18.2 Å². The van der Waals surface area contributed by atoms with Crippen LogP contribution in [-0.4, -0.2) is 39.7 Å². The van der Waals surface area contributed by atoms with Crippen LogP contribution in [0.1, 0.15) is 24.4 Å². The van der Waals surface area contributed by atoms with Crippen molar-refractivity contribution in [1.82, 2.24) is 5.32 Å². The third-order valence-electron chi connectivity index (χ3n) is 3.44. The van der Waals surface area contributed by atoms with Gasteiger partial charge < -0.3 is 19.5 Å². The van der Waals surface area contributed by atoms with Crippen molar-refractivity contribution in [2.24, 2.45) is 0 Å². The lowest BCUT2D eigenvalue weighted by molar-refractivity contribution is -0.134. The molecule has 2 atom stereocenters. The summed E-state index contributed by atoms with van der Waals surface area (Å²) >= 11 is 0. The van der Waals surface area contributed by atoms with Crippen LogP contribution in [0.25, 0.3) is 0 Å². The highest BCUT2D eigenvalue weighted by Crippen LogP contribution is 2.40. The molecule has 1 heterocycles. The molecule has 124 valence electrons. The highest BCUT2D eigenvalue weighted by Gasteiger charge is 2.45. The van der Waals surface area contributed by atoms with Crippen molar-refractivity contribution >= 4 is 0 Å². The van der Waals surface area contributed by atoms with Gasteiger partial charge in [0.2, 0.25) is 0 Å². The molecular weight excluding hydrogens is 299 g/mol. The van der Waals surface area contributed by atoms with E-state index in [9.17, 15) is 13.2 Å². The second kappa shape index (κ2) is 7.19. The molecule has 22 heavy (non-hydrogen) atoms. The van der Waals surface area contributed by atoms with Crippen LogP contribution in [0.5, 0.6) is 11.5 Å². The molecule has 1 aliphatic heterocycles. The van der Waals surface area contributed by atoms with Gasteiger partial charge in [-0.2, -0.15) is 13.2 Å². The Bertz CT molecular complexity index is 493. The summed E-state index contributed by atoms with van der Waals surface area (Å²) in [6.45, 7) is 1.04. The molecule has 2 rings (SSSR count). The average molecular weight is 319 g/mol. The summed E-state index contributed by atoms with van der Waals surface area (Å²) in [7, 11) is 3.14. The molecule has 0 radical (unpaired) electrons. The Balaban J connectivity index is 1.98. The van der Waals surface area contributed by atoms with Gasteiger partial charge in [-0.05, 0) is 17.7 Å². The Morgan fingerprint density at radius 1 is 1.14 bits per heavy atom. The van der Waals surface area contributed by atoms with Crippen LogP contribution in [0.2, 0.25) is 0 Å². The molecule has 1 aromatic carbocycles. The fourth-order valence-electron chi connectivity index (χ4n) is 2.31. The molecule has 0 aliphatic carbocycles. The topological polar surface area (TPSA) is 49.6 Å². The number of rotatable bonds is 8. The molecule has 0 bridgehead atoms. The quantitative estimate of drug-likeness (QED) is 0.591. The van der Waals surface area contributed by atoms with Gasteiger partial charge in [-0.25, -0.2) is 0 Å². The van der Waals surface area contributed by atoms with Crippen molar-refractivity contribution in [3.8, 4) is 11.5 Å². The van der Waals surface area contributed by atoms with E-state index in [1.54, 1.807) is 25.3 Å². The minimum Gasteiger partial charge on any atom is -0.493 e. The second-order valence-electron chi connectivity index (χ2n) is 5.18. The maximum atomic E-state index is 12.4. The minimum atomic E-state index is -4.15. The van der Waals surface area contributed by atoms with Crippen LogP contribution in [0.3, 0.4) is 0 Å². The number of benzene rings is 1. The lowest BCUT2D eigenvalue weighted by Gasteiger charge is -2.12. The molecule has 0 spiro atoms. The smallest absolute Gasteiger partial charge is 0.390 e. The number of alkyl halides is 3. The molecule has 4 nitrogen and oxygen atoms in total. The zero-order valence-electron chi connectivity index (χ0n) is 12.6. The molecule has 1 fully saturated rings. The number of ether oxygens (including phenoxy) is 3. The van der Waals surface area contributed by atoms with Crippen molar-refractivity contribution in [2.75, 3.05) is 27.4 Å². The summed E-state index contributed by atoms with van der Waals surface area (Å²) in [5, 5.41) is 2.85. The van der Waals surface area contributed by atoms with Gasteiger partial charge in [0.05, 0.1) is 20.1 Å². The number of hydrogen-bond donors (Lipinski definition) is 1.